The lowest BCUT2D eigenvalue weighted by molar-refractivity contribution is -0.384. The van der Waals surface area contributed by atoms with Gasteiger partial charge in [0.25, 0.3) is 5.69 Å². The molecule has 6 heteroatoms. The van der Waals surface area contributed by atoms with Crippen LogP contribution in [0.1, 0.15) is 26.2 Å². The fraction of sp³-hybridized carbons (Fsp3) is 0.600. The van der Waals surface area contributed by atoms with Gasteiger partial charge in [0, 0.05) is 18.7 Å². The molecule has 1 heterocycles. The lowest BCUT2D eigenvalue weighted by atomic mass is 9.98. The first-order chi connectivity index (χ1) is 10.1. The van der Waals surface area contributed by atoms with Crippen molar-refractivity contribution in [1.82, 2.24) is 4.90 Å². The molecule has 1 aliphatic rings. The van der Waals surface area contributed by atoms with Crippen molar-refractivity contribution in [2.75, 3.05) is 19.7 Å². The van der Waals surface area contributed by atoms with Crippen LogP contribution in [-0.2, 0) is 0 Å². The molecular weight excluding hydrogens is 272 g/mol. The van der Waals surface area contributed by atoms with E-state index in [9.17, 15) is 15.2 Å². The fourth-order valence-corrected chi connectivity index (χ4v) is 2.81. The van der Waals surface area contributed by atoms with Crippen LogP contribution in [0.5, 0.6) is 5.75 Å². The van der Waals surface area contributed by atoms with E-state index < -0.39 is 4.92 Å². The Balaban J connectivity index is 1.85. The van der Waals surface area contributed by atoms with Gasteiger partial charge in [-0.15, -0.1) is 0 Å². The Hall–Kier alpha value is -1.66. The second-order valence-electron chi connectivity index (χ2n) is 5.44. The van der Waals surface area contributed by atoms with Crippen molar-refractivity contribution in [2.45, 2.75) is 38.3 Å². The van der Waals surface area contributed by atoms with Gasteiger partial charge in [-0.3, -0.25) is 15.0 Å². The molecule has 0 saturated carbocycles. The zero-order valence-electron chi connectivity index (χ0n) is 12.3. The number of ether oxygens (including phenoxy) is 1. The van der Waals surface area contributed by atoms with E-state index in [0.717, 1.165) is 32.4 Å². The van der Waals surface area contributed by atoms with Crippen molar-refractivity contribution in [3.05, 3.63) is 34.4 Å². The second-order valence-corrected chi connectivity index (χ2v) is 5.44. The van der Waals surface area contributed by atoms with Crippen LogP contribution in [0.2, 0.25) is 0 Å². The summed E-state index contributed by atoms with van der Waals surface area (Å²) in [5.74, 6) is 0.509. The maximum Gasteiger partial charge on any atom is 0.273 e. The molecule has 116 valence electrons. The summed E-state index contributed by atoms with van der Waals surface area (Å²) in [6.07, 6.45) is 2.95. The number of aliphatic hydroxyl groups is 1. The van der Waals surface area contributed by atoms with E-state index >= 15 is 0 Å². The number of piperidine rings is 1. The first kappa shape index (κ1) is 15.7. The molecule has 1 aliphatic heterocycles. The second kappa shape index (κ2) is 7.38. The molecule has 0 amide bonds. The maximum atomic E-state index is 10.7. The predicted octanol–water partition coefficient (Wildman–Crippen LogP) is 2.21. The van der Waals surface area contributed by atoms with Crippen molar-refractivity contribution < 1.29 is 14.8 Å². The molecule has 0 spiro atoms. The number of hydrogen-bond acceptors (Lipinski definition) is 5. The Kier molecular flexibility index (Phi) is 5.52. The summed E-state index contributed by atoms with van der Waals surface area (Å²) in [5, 5.41) is 20.5. The minimum atomic E-state index is -0.430. The van der Waals surface area contributed by atoms with Gasteiger partial charge in [0.05, 0.1) is 17.1 Å². The summed E-state index contributed by atoms with van der Waals surface area (Å²) >= 11 is 0. The molecule has 1 saturated heterocycles. The molecule has 0 aromatic heterocycles. The highest BCUT2D eigenvalue weighted by Crippen LogP contribution is 2.21. The molecule has 6 nitrogen and oxygen atoms in total. The van der Waals surface area contributed by atoms with Crippen LogP contribution in [0.25, 0.3) is 0 Å². The summed E-state index contributed by atoms with van der Waals surface area (Å²) in [6, 6.07) is 6.40. The Morgan fingerprint density at radius 1 is 1.52 bits per heavy atom. The number of likely N-dealkylation sites (tertiary alicyclic amines) is 1. The summed E-state index contributed by atoms with van der Waals surface area (Å²) in [6.45, 7) is 3.97. The quantitative estimate of drug-likeness (QED) is 0.643. The van der Waals surface area contributed by atoms with Gasteiger partial charge in [0.15, 0.2) is 0 Å². The van der Waals surface area contributed by atoms with Gasteiger partial charge in [0.2, 0.25) is 0 Å². The number of nitrogens with zero attached hydrogens (tertiary/aromatic N) is 2. The van der Waals surface area contributed by atoms with E-state index in [2.05, 4.69) is 4.90 Å². The molecule has 2 rings (SSSR count). The lowest BCUT2D eigenvalue weighted by Gasteiger charge is -2.37. The summed E-state index contributed by atoms with van der Waals surface area (Å²) in [7, 11) is 0. The Morgan fingerprint density at radius 2 is 2.33 bits per heavy atom. The first-order valence-corrected chi connectivity index (χ1v) is 7.37. The third-order valence-corrected chi connectivity index (χ3v) is 3.90. The van der Waals surface area contributed by atoms with Crippen molar-refractivity contribution >= 4 is 5.69 Å². The third kappa shape index (κ3) is 4.41. The smallest absolute Gasteiger partial charge is 0.273 e. The first-order valence-electron chi connectivity index (χ1n) is 7.37. The van der Waals surface area contributed by atoms with Crippen molar-refractivity contribution in [2.24, 2.45) is 0 Å². The highest BCUT2D eigenvalue weighted by molar-refractivity contribution is 5.37. The molecular formula is C15H22N2O4. The van der Waals surface area contributed by atoms with E-state index in [0.29, 0.717) is 12.4 Å². The average molecular weight is 294 g/mol. The summed E-state index contributed by atoms with van der Waals surface area (Å²) in [4.78, 5) is 12.5. The predicted molar refractivity (Wildman–Crippen MR) is 79.5 cm³/mol. The van der Waals surface area contributed by atoms with Crippen LogP contribution >= 0.6 is 0 Å². The molecule has 0 aliphatic carbocycles. The van der Waals surface area contributed by atoms with Gasteiger partial charge < -0.3 is 9.84 Å². The van der Waals surface area contributed by atoms with E-state index in [1.54, 1.807) is 12.1 Å². The SMILES string of the molecule is CC(O)C1CCCCN1CCOc1cccc([N+](=O)[O-])c1. The molecule has 1 N–H and O–H groups in total. The maximum absolute atomic E-state index is 10.7. The number of hydrogen-bond donors (Lipinski definition) is 1. The number of rotatable bonds is 6. The van der Waals surface area contributed by atoms with Crippen molar-refractivity contribution in [3.8, 4) is 5.75 Å². The monoisotopic (exact) mass is 294 g/mol. The Labute approximate surface area is 124 Å². The van der Waals surface area contributed by atoms with Gasteiger partial charge in [0.1, 0.15) is 12.4 Å². The largest absolute Gasteiger partial charge is 0.492 e. The van der Waals surface area contributed by atoms with E-state index in [1.165, 1.54) is 12.1 Å². The van der Waals surface area contributed by atoms with E-state index in [-0.39, 0.29) is 17.8 Å². The van der Waals surface area contributed by atoms with Gasteiger partial charge in [-0.1, -0.05) is 12.5 Å². The van der Waals surface area contributed by atoms with E-state index in [4.69, 9.17) is 4.74 Å². The highest BCUT2D eigenvalue weighted by atomic mass is 16.6. The normalized spacial score (nSPS) is 21.0. The minimum Gasteiger partial charge on any atom is -0.492 e. The number of nitro benzene ring substituents is 1. The third-order valence-electron chi connectivity index (χ3n) is 3.90. The fourth-order valence-electron chi connectivity index (χ4n) is 2.81. The molecule has 0 bridgehead atoms. The summed E-state index contributed by atoms with van der Waals surface area (Å²) in [5.41, 5.74) is 0.0346. The standard InChI is InChI=1S/C15H22N2O4/c1-12(18)15-7-2-3-8-16(15)9-10-21-14-6-4-5-13(11-14)17(19)20/h4-6,11-12,15,18H,2-3,7-10H2,1H3. The number of non-ortho nitro benzene ring substituents is 1. The van der Waals surface area contributed by atoms with Crippen molar-refractivity contribution in [1.29, 1.82) is 0 Å². The molecule has 2 unspecified atom stereocenters. The van der Waals surface area contributed by atoms with Crippen LogP contribution in [0.3, 0.4) is 0 Å². The van der Waals surface area contributed by atoms with Gasteiger partial charge in [-0.05, 0) is 32.4 Å². The van der Waals surface area contributed by atoms with Gasteiger partial charge in [-0.25, -0.2) is 0 Å². The highest BCUT2D eigenvalue weighted by Gasteiger charge is 2.25. The Bertz CT molecular complexity index is 478. The number of benzene rings is 1. The molecule has 21 heavy (non-hydrogen) atoms. The number of nitro groups is 1. The van der Waals surface area contributed by atoms with Crippen LogP contribution in [-0.4, -0.2) is 46.8 Å². The Morgan fingerprint density at radius 3 is 3.05 bits per heavy atom. The summed E-state index contributed by atoms with van der Waals surface area (Å²) < 4.78 is 5.60. The van der Waals surface area contributed by atoms with Crippen LogP contribution in [0.15, 0.2) is 24.3 Å². The average Bonchev–Trinajstić information content (AvgIpc) is 2.48. The molecule has 1 aromatic carbocycles. The lowest BCUT2D eigenvalue weighted by Crippen LogP contribution is -2.47. The van der Waals surface area contributed by atoms with Gasteiger partial charge >= 0.3 is 0 Å². The molecule has 0 radical (unpaired) electrons. The van der Waals surface area contributed by atoms with Crippen LogP contribution in [0, 0.1) is 10.1 Å². The zero-order chi connectivity index (χ0) is 15.2. The molecule has 1 aromatic rings. The minimum absolute atomic E-state index is 0.0346. The van der Waals surface area contributed by atoms with E-state index in [1.807, 2.05) is 6.92 Å². The van der Waals surface area contributed by atoms with Gasteiger partial charge in [-0.2, -0.15) is 0 Å². The molecule has 1 fully saturated rings. The van der Waals surface area contributed by atoms with Crippen molar-refractivity contribution in [3.63, 3.8) is 0 Å². The molecule has 2 atom stereocenters. The topological polar surface area (TPSA) is 75.8 Å². The van der Waals surface area contributed by atoms with Crippen LogP contribution < -0.4 is 4.74 Å². The zero-order valence-corrected chi connectivity index (χ0v) is 12.3. The number of aliphatic hydroxyl groups excluding tert-OH is 1. The van der Waals surface area contributed by atoms with Crippen LogP contribution in [0.4, 0.5) is 5.69 Å².